The maximum Gasteiger partial charge on any atom is 0.253 e. The Morgan fingerprint density at radius 2 is 1.69 bits per heavy atom. The molecule has 0 aliphatic carbocycles. The van der Waals surface area contributed by atoms with Gasteiger partial charge in [-0.3, -0.25) is 4.79 Å². The fourth-order valence-electron chi connectivity index (χ4n) is 4.11. The maximum absolute atomic E-state index is 13.1. The van der Waals surface area contributed by atoms with Crippen LogP contribution in [0.3, 0.4) is 0 Å². The van der Waals surface area contributed by atoms with Gasteiger partial charge < -0.3 is 14.5 Å². The highest BCUT2D eigenvalue weighted by molar-refractivity contribution is 7.89. The highest BCUT2D eigenvalue weighted by atomic mass is 32.2. The lowest BCUT2D eigenvalue weighted by Crippen LogP contribution is -2.36. The number of carbonyl (C=O) groups is 1. The molecule has 0 bridgehead atoms. The van der Waals surface area contributed by atoms with E-state index in [2.05, 4.69) is 21.8 Å². The number of morpholine rings is 1. The summed E-state index contributed by atoms with van der Waals surface area (Å²) in [7, 11) is -2.08. The second-order valence-electron chi connectivity index (χ2n) is 8.71. The number of amides is 1. The summed E-state index contributed by atoms with van der Waals surface area (Å²) in [5.41, 5.74) is 3.33. The Kier molecular flexibility index (Phi) is 7.85. The third-order valence-electron chi connectivity index (χ3n) is 6.10. The van der Waals surface area contributed by atoms with E-state index in [0.29, 0.717) is 12.1 Å². The van der Waals surface area contributed by atoms with Crippen LogP contribution in [0.2, 0.25) is 0 Å². The first-order valence-electron chi connectivity index (χ1n) is 11.7. The SMILES string of the molecule is C[C@@H](NS(=O)(=O)c1cccc(C(=O)N(C)Cc2ccc(N3CCOCC3)cc2)c1)c1ccccc1. The van der Waals surface area contributed by atoms with E-state index in [1.807, 2.05) is 42.5 Å². The monoisotopic (exact) mass is 493 g/mol. The van der Waals surface area contributed by atoms with Crippen molar-refractivity contribution in [1.82, 2.24) is 9.62 Å². The van der Waals surface area contributed by atoms with Gasteiger partial charge in [0.2, 0.25) is 10.0 Å². The third kappa shape index (κ3) is 6.28. The predicted octanol–water partition coefficient (Wildman–Crippen LogP) is 3.83. The number of hydrogen-bond acceptors (Lipinski definition) is 5. The molecule has 1 aliphatic heterocycles. The highest BCUT2D eigenvalue weighted by Gasteiger charge is 2.21. The smallest absolute Gasteiger partial charge is 0.253 e. The molecular formula is C27H31N3O4S. The van der Waals surface area contributed by atoms with Crippen LogP contribution in [0.15, 0.2) is 83.8 Å². The number of nitrogens with zero attached hydrogens (tertiary/aromatic N) is 2. The molecule has 3 aromatic rings. The van der Waals surface area contributed by atoms with E-state index in [4.69, 9.17) is 4.74 Å². The van der Waals surface area contributed by atoms with Crippen LogP contribution in [0.25, 0.3) is 0 Å². The van der Waals surface area contributed by atoms with Crippen molar-refractivity contribution >= 4 is 21.6 Å². The summed E-state index contributed by atoms with van der Waals surface area (Å²) < 4.78 is 34.0. The lowest BCUT2D eigenvalue weighted by molar-refractivity contribution is 0.0785. The van der Waals surface area contributed by atoms with Crippen molar-refractivity contribution in [3.8, 4) is 0 Å². The van der Waals surface area contributed by atoms with E-state index in [1.54, 1.807) is 31.0 Å². The quantitative estimate of drug-likeness (QED) is 0.516. The summed E-state index contributed by atoms with van der Waals surface area (Å²) in [5, 5.41) is 0. The molecule has 0 saturated carbocycles. The minimum absolute atomic E-state index is 0.0643. The standard InChI is InChI=1S/C27H31N3O4S/c1-21(23-7-4-3-5-8-23)28-35(32,33)26-10-6-9-24(19-26)27(31)29(2)20-22-11-13-25(14-12-22)30-15-17-34-18-16-30/h3-14,19,21,28H,15-18,20H2,1-2H3/t21-/m1/s1. The highest BCUT2D eigenvalue weighted by Crippen LogP contribution is 2.20. The van der Waals surface area contributed by atoms with Crippen molar-refractivity contribution < 1.29 is 17.9 Å². The summed E-state index contributed by atoms with van der Waals surface area (Å²) in [5.74, 6) is -0.240. The molecule has 1 fully saturated rings. The van der Waals surface area contributed by atoms with Crippen LogP contribution < -0.4 is 9.62 Å². The minimum atomic E-state index is -3.80. The van der Waals surface area contributed by atoms with Crippen LogP contribution in [0, 0.1) is 0 Å². The Hall–Kier alpha value is -3.20. The van der Waals surface area contributed by atoms with Crippen LogP contribution >= 0.6 is 0 Å². The van der Waals surface area contributed by atoms with E-state index in [0.717, 1.165) is 43.1 Å². The summed E-state index contributed by atoms with van der Waals surface area (Å²) in [6.45, 7) is 5.41. The first kappa shape index (κ1) is 24.9. The zero-order chi connectivity index (χ0) is 24.8. The van der Waals surface area contributed by atoms with Crippen molar-refractivity contribution in [1.29, 1.82) is 0 Å². The average Bonchev–Trinajstić information content (AvgIpc) is 2.89. The maximum atomic E-state index is 13.1. The number of sulfonamides is 1. The number of nitrogens with one attached hydrogen (secondary N) is 1. The van der Waals surface area contributed by atoms with E-state index < -0.39 is 16.1 Å². The molecule has 1 atom stereocenters. The van der Waals surface area contributed by atoms with Gasteiger partial charge in [0.1, 0.15) is 0 Å². The molecule has 0 spiro atoms. The molecule has 4 rings (SSSR count). The molecule has 0 radical (unpaired) electrons. The molecule has 1 N–H and O–H groups in total. The van der Waals surface area contributed by atoms with Gasteiger partial charge in [0.05, 0.1) is 18.1 Å². The average molecular weight is 494 g/mol. The van der Waals surface area contributed by atoms with Crippen LogP contribution in [0.4, 0.5) is 5.69 Å². The van der Waals surface area contributed by atoms with Crippen molar-refractivity contribution in [3.05, 3.63) is 95.6 Å². The fourth-order valence-corrected chi connectivity index (χ4v) is 5.38. The second kappa shape index (κ2) is 11.0. The van der Waals surface area contributed by atoms with Crippen LogP contribution in [-0.4, -0.2) is 52.6 Å². The number of rotatable bonds is 8. The lowest BCUT2D eigenvalue weighted by Gasteiger charge is -2.29. The predicted molar refractivity (Wildman–Crippen MR) is 137 cm³/mol. The van der Waals surface area contributed by atoms with Crippen LogP contribution in [0.5, 0.6) is 0 Å². The van der Waals surface area contributed by atoms with Crippen LogP contribution in [0.1, 0.15) is 34.5 Å². The van der Waals surface area contributed by atoms with Gasteiger partial charge in [-0.15, -0.1) is 0 Å². The van der Waals surface area contributed by atoms with E-state index >= 15 is 0 Å². The number of hydrogen-bond donors (Lipinski definition) is 1. The van der Waals surface area contributed by atoms with E-state index in [9.17, 15) is 13.2 Å². The van der Waals surface area contributed by atoms with Gasteiger partial charge in [0.15, 0.2) is 0 Å². The van der Waals surface area contributed by atoms with Gasteiger partial charge in [-0.2, -0.15) is 0 Å². The lowest BCUT2D eigenvalue weighted by atomic mass is 10.1. The number of benzene rings is 3. The van der Waals surface area contributed by atoms with Gasteiger partial charge in [0.25, 0.3) is 5.91 Å². The van der Waals surface area contributed by atoms with Gasteiger partial charge in [-0.05, 0) is 48.4 Å². The fraction of sp³-hybridized carbons (Fsp3) is 0.296. The number of carbonyl (C=O) groups excluding carboxylic acids is 1. The topological polar surface area (TPSA) is 79.0 Å². The first-order valence-corrected chi connectivity index (χ1v) is 13.2. The zero-order valence-electron chi connectivity index (χ0n) is 20.1. The van der Waals surface area contributed by atoms with E-state index in [1.165, 1.54) is 12.1 Å². The molecular weight excluding hydrogens is 462 g/mol. The molecule has 0 aromatic heterocycles. The Balaban J connectivity index is 1.42. The number of ether oxygens (including phenoxy) is 1. The molecule has 1 aliphatic rings. The van der Waals surface area contributed by atoms with Crippen molar-refractivity contribution in [3.63, 3.8) is 0 Å². The normalized spacial score (nSPS) is 15.0. The van der Waals surface area contributed by atoms with Gasteiger partial charge in [-0.1, -0.05) is 48.5 Å². The summed E-state index contributed by atoms with van der Waals surface area (Å²) in [6, 6.07) is 23.3. The van der Waals surface area contributed by atoms with Gasteiger partial charge >= 0.3 is 0 Å². The largest absolute Gasteiger partial charge is 0.378 e. The minimum Gasteiger partial charge on any atom is -0.378 e. The Labute approximate surface area is 207 Å². The molecule has 7 nitrogen and oxygen atoms in total. The van der Waals surface area contributed by atoms with Crippen molar-refractivity contribution in [2.24, 2.45) is 0 Å². The Morgan fingerprint density at radius 3 is 2.37 bits per heavy atom. The summed E-state index contributed by atoms with van der Waals surface area (Å²) >= 11 is 0. The third-order valence-corrected chi connectivity index (χ3v) is 7.64. The molecule has 1 saturated heterocycles. The molecule has 184 valence electrons. The molecule has 1 heterocycles. The zero-order valence-corrected chi connectivity index (χ0v) is 20.9. The van der Waals surface area contributed by atoms with Crippen molar-refractivity contribution in [2.75, 3.05) is 38.3 Å². The van der Waals surface area contributed by atoms with Gasteiger partial charge in [-0.25, -0.2) is 13.1 Å². The molecule has 3 aromatic carbocycles. The molecule has 1 amide bonds. The first-order chi connectivity index (χ1) is 16.8. The molecule has 0 unspecified atom stereocenters. The van der Waals surface area contributed by atoms with Crippen LogP contribution in [-0.2, 0) is 21.3 Å². The molecule has 35 heavy (non-hydrogen) atoms. The number of anilines is 1. The van der Waals surface area contributed by atoms with Gasteiger partial charge in [0, 0.05) is 44.0 Å². The Bertz CT molecular complexity index is 1240. The summed E-state index contributed by atoms with van der Waals surface area (Å²) in [6.07, 6.45) is 0. The second-order valence-corrected chi connectivity index (χ2v) is 10.4. The van der Waals surface area contributed by atoms with E-state index in [-0.39, 0.29) is 10.8 Å². The molecule has 8 heteroatoms. The summed E-state index contributed by atoms with van der Waals surface area (Å²) in [4.78, 5) is 17.0. The van der Waals surface area contributed by atoms with Crippen molar-refractivity contribution in [2.45, 2.75) is 24.4 Å². The Morgan fingerprint density at radius 1 is 1.00 bits per heavy atom.